The van der Waals surface area contributed by atoms with E-state index < -0.39 is 6.04 Å². The van der Waals surface area contributed by atoms with Crippen LogP contribution in [0.5, 0.6) is 0 Å². The van der Waals surface area contributed by atoms with Gasteiger partial charge in [-0.05, 0) is 20.3 Å². The maximum absolute atomic E-state index is 11.8. The van der Waals surface area contributed by atoms with Crippen molar-refractivity contribution in [3.8, 4) is 0 Å². The lowest BCUT2D eigenvalue weighted by molar-refractivity contribution is -0.129. The molecule has 2 unspecified atom stereocenters. The summed E-state index contributed by atoms with van der Waals surface area (Å²) in [7, 11) is 0. The number of carbonyl (C=O) groups is 3. The first-order valence-corrected chi connectivity index (χ1v) is 6.84. The first-order chi connectivity index (χ1) is 8.97. The number of nitrogens with zero attached hydrogens (tertiary/aromatic N) is 1. The molecule has 106 valence electrons. The minimum atomic E-state index is -0.397. The minimum Gasteiger partial charge on any atom is -0.354 e. The maximum atomic E-state index is 11.8. The molecule has 0 aliphatic carbocycles. The highest BCUT2D eigenvalue weighted by atomic mass is 16.2. The first-order valence-electron chi connectivity index (χ1n) is 6.84. The lowest BCUT2D eigenvalue weighted by atomic mass is 10.1. The zero-order valence-electron chi connectivity index (χ0n) is 11.4. The normalized spacial score (nSPS) is 27.0. The highest BCUT2D eigenvalue weighted by molar-refractivity contribution is 5.90. The average molecular weight is 267 g/mol. The van der Waals surface area contributed by atoms with Crippen LogP contribution in [0.2, 0.25) is 0 Å². The van der Waals surface area contributed by atoms with E-state index in [4.69, 9.17) is 0 Å². The molecule has 0 radical (unpaired) electrons. The number of nitrogens with one attached hydrogen (secondary N) is 2. The third-order valence-electron chi connectivity index (χ3n) is 3.74. The van der Waals surface area contributed by atoms with Gasteiger partial charge in [-0.2, -0.15) is 0 Å². The van der Waals surface area contributed by atoms with Gasteiger partial charge >= 0.3 is 0 Å². The van der Waals surface area contributed by atoms with Gasteiger partial charge in [0.1, 0.15) is 6.04 Å². The van der Waals surface area contributed by atoms with E-state index in [0.717, 1.165) is 0 Å². The Labute approximate surface area is 112 Å². The van der Waals surface area contributed by atoms with E-state index in [2.05, 4.69) is 10.6 Å². The molecule has 3 amide bonds. The fourth-order valence-electron chi connectivity index (χ4n) is 2.62. The Morgan fingerprint density at radius 2 is 2.21 bits per heavy atom. The Balaban J connectivity index is 1.76. The number of carbonyl (C=O) groups excluding carboxylic acids is 3. The predicted molar refractivity (Wildman–Crippen MR) is 69.1 cm³/mol. The van der Waals surface area contributed by atoms with E-state index in [0.29, 0.717) is 32.4 Å². The van der Waals surface area contributed by atoms with Crippen molar-refractivity contribution in [2.75, 3.05) is 13.1 Å². The van der Waals surface area contributed by atoms with Crippen LogP contribution in [0, 0.1) is 5.92 Å². The Morgan fingerprint density at radius 1 is 1.47 bits per heavy atom. The molecule has 2 rings (SSSR count). The van der Waals surface area contributed by atoms with Crippen molar-refractivity contribution in [1.29, 1.82) is 0 Å². The quantitative estimate of drug-likeness (QED) is 0.730. The summed E-state index contributed by atoms with van der Waals surface area (Å²) in [5.74, 6) is 0.128. The van der Waals surface area contributed by atoms with E-state index in [-0.39, 0.29) is 29.7 Å². The molecule has 0 aromatic rings. The molecule has 2 atom stereocenters. The van der Waals surface area contributed by atoms with Crippen LogP contribution in [0.25, 0.3) is 0 Å². The van der Waals surface area contributed by atoms with Gasteiger partial charge in [0.2, 0.25) is 17.7 Å². The molecule has 0 saturated carbocycles. The second kappa shape index (κ2) is 5.59. The summed E-state index contributed by atoms with van der Waals surface area (Å²) in [6, 6.07) is -0.187. The second-order valence-corrected chi connectivity index (χ2v) is 5.61. The van der Waals surface area contributed by atoms with E-state index in [1.807, 2.05) is 18.7 Å². The standard InChI is InChI=1S/C13H21N3O3/c1-8(2)16-7-9(5-12(16)18)6-14-13(19)10-3-4-11(17)15-10/h8-10H,3-7H2,1-2H3,(H,14,19)(H,15,17). The Kier molecular flexibility index (Phi) is 4.07. The maximum Gasteiger partial charge on any atom is 0.242 e. The Morgan fingerprint density at radius 3 is 2.74 bits per heavy atom. The number of likely N-dealkylation sites (tertiary alicyclic amines) is 1. The van der Waals surface area contributed by atoms with Crippen molar-refractivity contribution in [1.82, 2.24) is 15.5 Å². The number of hydrogen-bond donors (Lipinski definition) is 2. The van der Waals surface area contributed by atoms with Gasteiger partial charge in [-0.3, -0.25) is 14.4 Å². The molecule has 0 aromatic carbocycles. The summed E-state index contributed by atoms with van der Waals surface area (Å²) in [6.45, 7) is 5.19. The molecule has 0 bridgehead atoms. The zero-order chi connectivity index (χ0) is 14.0. The molecule has 2 heterocycles. The largest absolute Gasteiger partial charge is 0.354 e. The van der Waals surface area contributed by atoms with Gasteiger partial charge in [0, 0.05) is 37.9 Å². The van der Waals surface area contributed by atoms with Gasteiger partial charge in [0.05, 0.1) is 0 Å². The lowest BCUT2D eigenvalue weighted by Gasteiger charge is -2.21. The van der Waals surface area contributed by atoms with E-state index >= 15 is 0 Å². The summed E-state index contributed by atoms with van der Waals surface area (Å²) < 4.78 is 0. The van der Waals surface area contributed by atoms with Crippen molar-refractivity contribution in [3.63, 3.8) is 0 Å². The summed E-state index contributed by atoms with van der Waals surface area (Å²) >= 11 is 0. The van der Waals surface area contributed by atoms with Crippen LogP contribution in [-0.2, 0) is 14.4 Å². The van der Waals surface area contributed by atoms with Crippen molar-refractivity contribution in [2.24, 2.45) is 5.92 Å². The molecule has 0 spiro atoms. The smallest absolute Gasteiger partial charge is 0.242 e. The molecule has 2 fully saturated rings. The van der Waals surface area contributed by atoms with Gasteiger partial charge in [-0.15, -0.1) is 0 Å². The second-order valence-electron chi connectivity index (χ2n) is 5.61. The Bertz CT molecular complexity index is 395. The molecule has 0 aromatic heterocycles. The van der Waals surface area contributed by atoms with Crippen LogP contribution in [0.3, 0.4) is 0 Å². The van der Waals surface area contributed by atoms with Gasteiger partial charge < -0.3 is 15.5 Å². The van der Waals surface area contributed by atoms with Crippen LogP contribution < -0.4 is 10.6 Å². The van der Waals surface area contributed by atoms with Crippen molar-refractivity contribution >= 4 is 17.7 Å². The molecule has 2 aliphatic heterocycles. The third kappa shape index (κ3) is 3.24. The van der Waals surface area contributed by atoms with Crippen LogP contribution in [0.4, 0.5) is 0 Å². The van der Waals surface area contributed by atoms with Gasteiger partial charge in [0.25, 0.3) is 0 Å². The van der Waals surface area contributed by atoms with Crippen molar-refractivity contribution < 1.29 is 14.4 Å². The van der Waals surface area contributed by atoms with Gasteiger partial charge in [0.15, 0.2) is 0 Å². The van der Waals surface area contributed by atoms with Gasteiger partial charge in [-0.25, -0.2) is 0 Å². The molecule has 2 N–H and O–H groups in total. The van der Waals surface area contributed by atoms with Crippen LogP contribution >= 0.6 is 0 Å². The Hall–Kier alpha value is -1.59. The zero-order valence-corrected chi connectivity index (χ0v) is 11.4. The number of amides is 3. The molecular weight excluding hydrogens is 246 g/mol. The summed E-state index contributed by atoms with van der Waals surface area (Å²) in [5, 5.41) is 5.47. The number of rotatable bonds is 4. The predicted octanol–water partition coefficient (Wildman–Crippen LogP) is -0.362. The summed E-state index contributed by atoms with van der Waals surface area (Å²) in [5.41, 5.74) is 0. The first kappa shape index (κ1) is 13.8. The fourth-order valence-corrected chi connectivity index (χ4v) is 2.62. The van der Waals surface area contributed by atoms with E-state index in [1.54, 1.807) is 0 Å². The molecule has 6 heteroatoms. The molecule has 6 nitrogen and oxygen atoms in total. The van der Waals surface area contributed by atoms with E-state index in [9.17, 15) is 14.4 Å². The fraction of sp³-hybridized carbons (Fsp3) is 0.769. The minimum absolute atomic E-state index is 0.0674. The lowest BCUT2D eigenvalue weighted by Crippen LogP contribution is -2.43. The van der Waals surface area contributed by atoms with Crippen LogP contribution in [0.1, 0.15) is 33.1 Å². The van der Waals surface area contributed by atoms with Crippen molar-refractivity contribution in [3.05, 3.63) is 0 Å². The number of hydrogen-bond acceptors (Lipinski definition) is 3. The van der Waals surface area contributed by atoms with Crippen molar-refractivity contribution in [2.45, 2.75) is 45.2 Å². The third-order valence-corrected chi connectivity index (χ3v) is 3.74. The van der Waals surface area contributed by atoms with Crippen LogP contribution in [-0.4, -0.2) is 47.8 Å². The van der Waals surface area contributed by atoms with E-state index in [1.165, 1.54) is 0 Å². The average Bonchev–Trinajstić information content (AvgIpc) is 2.92. The molecule has 2 saturated heterocycles. The molecule has 2 aliphatic rings. The highest BCUT2D eigenvalue weighted by Crippen LogP contribution is 2.19. The monoisotopic (exact) mass is 267 g/mol. The topological polar surface area (TPSA) is 78.5 Å². The summed E-state index contributed by atoms with van der Waals surface area (Å²) in [4.78, 5) is 36.4. The van der Waals surface area contributed by atoms with Crippen LogP contribution in [0.15, 0.2) is 0 Å². The van der Waals surface area contributed by atoms with Gasteiger partial charge in [-0.1, -0.05) is 0 Å². The molecule has 19 heavy (non-hydrogen) atoms. The summed E-state index contributed by atoms with van der Waals surface area (Å²) in [6.07, 6.45) is 1.48. The SMILES string of the molecule is CC(C)N1CC(CNC(=O)C2CCC(=O)N2)CC1=O. The highest BCUT2D eigenvalue weighted by Gasteiger charge is 2.32. The molecular formula is C13H21N3O3.